The second kappa shape index (κ2) is 7.24. The lowest BCUT2D eigenvalue weighted by atomic mass is 10.0. The number of hydrogen-bond donors (Lipinski definition) is 0. The molecule has 0 aromatic carbocycles. The minimum Gasteiger partial charge on any atom is -0.115 e. The number of rotatable bonds is 4. The molecule has 0 nitrogen and oxygen atoms in total. The predicted octanol–water partition coefficient (Wildman–Crippen LogP) is 4.97. The Labute approximate surface area is 98.9 Å². The van der Waals surface area contributed by atoms with Gasteiger partial charge in [-0.15, -0.1) is 17.2 Å². The quantitative estimate of drug-likeness (QED) is 0.613. The van der Waals surface area contributed by atoms with Crippen LogP contribution in [0.5, 0.6) is 0 Å². The average molecular weight is 244 g/mol. The van der Waals surface area contributed by atoms with Crippen molar-refractivity contribution in [1.82, 2.24) is 0 Å². The molecule has 0 amide bonds. The lowest BCUT2D eigenvalue weighted by Crippen LogP contribution is -2.09. The molecule has 15 heavy (non-hydrogen) atoms. The fourth-order valence-electron chi connectivity index (χ4n) is 2.96. The monoisotopic (exact) mass is 244 g/mol. The van der Waals surface area contributed by atoms with Crippen LogP contribution in [0.3, 0.4) is 0 Å². The Balaban J connectivity index is 1.53. The highest BCUT2D eigenvalue weighted by Gasteiger charge is 2.15. The first-order valence-corrected chi connectivity index (χ1v) is 9.49. The molecule has 0 bridgehead atoms. The topological polar surface area (TPSA) is 0 Å². The summed E-state index contributed by atoms with van der Waals surface area (Å²) in [6.45, 7) is 0. The van der Waals surface area contributed by atoms with Gasteiger partial charge in [-0.2, -0.15) is 0 Å². The third kappa shape index (κ3) is 4.70. The lowest BCUT2D eigenvalue weighted by Gasteiger charge is -2.24. The maximum Gasteiger partial charge on any atom is -0.0171 e. The minimum atomic E-state index is 1.15. The summed E-state index contributed by atoms with van der Waals surface area (Å²) < 4.78 is 0. The third-order valence-electron chi connectivity index (χ3n) is 3.99. The van der Waals surface area contributed by atoms with Crippen molar-refractivity contribution in [3.8, 4) is 0 Å². The first-order valence-electron chi connectivity index (χ1n) is 6.92. The van der Waals surface area contributed by atoms with Crippen molar-refractivity contribution in [2.45, 2.75) is 75.5 Å². The Hall–Kier alpha value is 0.860. The SMILES string of the molecule is C1CCC(PCPC2CCCCC2)CC1. The largest absolute Gasteiger partial charge is 0.115 e. The van der Waals surface area contributed by atoms with Crippen LogP contribution < -0.4 is 0 Å². The molecular weight excluding hydrogens is 218 g/mol. The Morgan fingerprint density at radius 3 is 1.40 bits per heavy atom. The van der Waals surface area contributed by atoms with Crippen LogP contribution in [0.25, 0.3) is 0 Å². The van der Waals surface area contributed by atoms with E-state index >= 15 is 0 Å². The summed E-state index contributed by atoms with van der Waals surface area (Å²) in [4.78, 5) is 0. The first-order chi connectivity index (χ1) is 7.45. The molecule has 2 unspecified atom stereocenters. The summed E-state index contributed by atoms with van der Waals surface area (Å²) in [7, 11) is 2.64. The standard InChI is InChI=1S/C13H26P2/c1-3-7-12(8-4-1)14-11-15-13-9-5-2-6-10-13/h12-15H,1-11H2. The van der Waals surface area contributed by atoms with Crippen LogP contribution in [0, 0.1) is 0 Å². The summed E-state index contributed by atoms with van der Waals surface area (Å²) in [6, 6.07) is 0. The molecule has 2 rings (SSSR count). The van der Waals surface area contributed by atoms with E-state index in [-0.39, 0.29) is 0 Å². The third-order valence-corrected chi connectivity index (χ3v) is 7.93. The van der Waals surface area contributed by atoms with Gasteiger partial charge in [-0.3, -0.25) is 0 Å². The zero-order chi connectivity index (χ0) is 10.3. The molecule has 2 fully saturated rings. The van der Waals surface area contributed by atoms with Gasteiger partial charge in [0.1, 0.15) is 0 Å². The van der Waals surface area contributed by atoms with Crippen molar-refractivity contribution >= 4 is 17.2 Å². The van der Waals surface area contributed by atoms with Crippen molar-refractivity contribution in [1.29, 1.82) is 0 Å². The van der Waals surface area contributed by atoms with Crippen LogP contribution in [-0.2, 0) is 0 Å². The molecule has 0 spiro atoms. The highest BCUT2D eigenvalue weighted by Crippen LogP contribution is 2.41. The van der Waals surface area contributed by atoms with Crippen LogP contribution >= 0.6 is 17.2 Å². The second-order valence-electron chi connectivity index (χ2n) is 5.25. The fourth-order valence-corrected chi connectivity index (χ4v) is 7.37. The van der Waals surface area contributed by atoms with Gasteiger partial charge in [0.2, 0.25) is 0 Å². The maximum atomic E-state index is 1.59. The van der Waals surface area contributed by atoms with E-state index in [9.17, 15) is 0 Å². The smallest absolute Gasteiger partial charge is 0.0171 e. The summed E-state index contributed by atoms with van der Waals surface area (Å²) >= 11 is 0. The molecule has 0 aromatic heterocycles. The molecule has 2 atom stereocenters. The van der Waals surface area contributed by atoms with Gasteiger partial charge in [-0.1, -0.05) is 38.5 Å². The summed E-state index contributed by atoms with van der Waals surface area (Å²) in [5.74, 6) is 1.59. The zero-order valence-electron chi connectivity index (χ0n) is 9.93. The van der Waals surface area contributed by atoms with Crippen LogP contribution in [0.15, 0.2) is 0 Å². The van der Waals surface area contributed by atoms with Gasteiger partial charge in [0.05, 0.1) is 0 Å². The van der Waals surface area contributed by atoms with Crippen molar-refractivity contribution in [3.63, 3.8) is 0 Å². The van der Waals surface area contributed by atoms with Crippen molar-refractivity contribution < 1.29 is 0 Å². The van der Waals surface area contributed by atoms with E-state index in [1.54, 1.807) is 31.6 Å². The Morgan fingerprint density at radius 1 is 0.600 bits per heavy atom. The van der Waals surface area contributed by atoms with Gasteiger partial charge in [-0.05, 0) is 42.9 Å². The Bertz CT molecular complexity index is 140. The molecule has 0 aliphatic heterocycles. The van der Waals surface area contributed by atoms with E-state index in [0.717, 1.165) is 11.3 Å². The second-order valence-corrected chi connectivity index (χ2v) is 9.12. The lowest BCUT2D eigenvalue weighted by molar-refractivity contribution is 0.512. The van der Waals surface area contributed by atoms with E-state index < -0.39 is 0 Å². The highest BCUT2D eigenvalue weighted by molar-refractivity contribution is 7.56. The normalized spacial score (nSPS) is 27.2. The van der Waals surface area contributed by atoms with Crippen molar-refractivity contribution in [2.75, 3.05) is 5.90 Å². The number of hydrogen-bond acceptors (Lipinski definition) is 0. The van der Waals surface area contributed by atoms with Crippen molar-refractivity contribution in [3.05, 3.63) is 0 Å². The van der Waals surface area contributed by atoms with Crippen LogP contribution in [0.2, 0.25) is 0 Å². The van der Waals surface area contributed by atoms with Crippen LogP contribution in [-0.4, -0.2) is 17.2 Å². The van der Waals surface area contributed by atoms with Crippen LogP contribution in [0.1, 0.15) is 64.2 Å². The summed E-state index contributed by atoms with van der Waals surface area (Å²) in [5.41, 5.74) is 2.30. The predicted molar refractivity (Wildman–Crippen MR) is 75.2 cm³/mol. The van der Waals surface area contributed by atoms with Crippen molar-refractivity contribution in [2.24, 2.45) is 0 Å². The van der Waals surface area contributed by atoms with E-state index in [1.807, 2.05) is 0 Å². The Kier molecular flexibility index (Phi) is 5.94. The molecule has 0 saturated heterocycles. The molecule has 2 aliphatic carbocycles. The van der Waals surface area contributed by atoms with Gasteiger partial charge in [0.25, 0.3) is 0 Å². The van der Waals surface area contributed by atoms with Gasteiger partial charge in [-0.25, -0.2) is 0 Å². The highest BCUT2D eigenvalue weighted by atomic mass is 31.1. The molecule has 0 N–H and O–H groups in total. The first kappa shape index (κ1) is 12.3. The van der Waals surface area contributed by atoms with E-state index in [4.69, 9.17) is 0 Å². The van der Waals surface area contributed by atoms with Gasteiger partial charge in [0.15, 0.2) is 0 Å². The Morgan fingerprint density at radius 2 is 1.00 bits per heavy atom. The molecule has 2 heteroatoms. The van der Waals surface area contributed by atoms with Gasteiger partial charge < -0.3 is 0 Å². The molecule has 0 aromatic rings. The van der Waals surface area contributed by atoms with Crippen LogP contribution in [0.4, 0.5) is 0 Å². The molecule has 88 valence electrons. The average Bonchev–Trinajstić information content (AvgIpc) is 2.32. The molecule has 2 saturated carbocycles. The maximum absolute atomic E-state index is 1.59. The fraction of sp³-hybridized carbons (Fsp3) is 1.00. The zero-order valence-corrected chi connectivity index (χ0v) is 11.9. The van der Waals surface area contributed by atoms with Gasteiger partial charge >= 0.3 is 0 Å². The summed E-state index contributed by atoms with van der Waals surface area (Å²) in [5, 5.41) is 0. The molecule has 2 aliphatic rings. The van der Waals surface area contributed by atoms with E-state index in [2.05, 4.69) is 0 Å². The molecular formula is C13H26P2. The van der Waals surface area contributed by atoms with E-state index in [1.165, 1.54) is 55.7 Å². The molecule has 0 radical (unpaired) electrons. The van der Waals surface area contributed by atoms with E-state index in [0.29, 0.717) is 0 Å². The van der Waals surface area contributed by atoms with Gasteiger partial charge in [0, 0.05) is 0 Å². The summed E-state index contributed by atoms with van der Waals surface area (Å²) in [6.07, 6.45) is 15.4. The minimum absolute atomic E-state index is 1.15. The molecule has 0 heterocycles.